The lowest BCUT2D eigenvalue weighted by atomic mass is 9.79. The van der Waals surface area contributed by atoms with Gasteiger partial charge in [-0.05, 0) is 67.3 Å². The molecule has 0 radical (unpaired) electrons. The molecule has 0 aliphatic heterocycles. The van der Waals surface area contributed by atoms with Crippen molar-refractivity contribution in [1.82, 2.24) is 0 Å². The fourth-order valence-electron chi connectivity index (χ4n) is 3.52. The first-order chi connectivity index (χ1) is 15.3. The number of Topliss-reactive ketones (excluding diaryl/α,β-unsaturated/α-hetero) is 1. The van der Waals surface area contributed by atoms with Crippen LogP contribution in [0.25, 0.3) is 12.2 Å². The first kappa shape index (κ1) is 22.7. The smallest absolute Gasteiger partial charge is 0.335 e. The van der Waals surface area contributed by atoms with Crippen molar-refractivity contribution in [3.05, 3.63) is 81.9 Å². The Hall–Kier alpha value is -4.00. The number of carboxylic acid groups (broad SMARTS) is 2. The quantitative estimate of drug-likeness (QED) is 0.519. The summed E-state index contributed by atoms with van der Waals surface area (Å²) in [6.45, 7) is 1.95. The molecule has 1 aliphatic rings. The second kappa shape index (κ2) is 9.87. The third kappa shape index (κ3) is 5.37. The number of rotatable bonds is 6. The van der Waals surface area contributed by atoms with Crippen molar-refractivity contribution in [2.75, 3.05) is 6.61 Å². The number of hydrogen-bond acceptors (Lipinski definition) is 5. The molecule has 1 saturated carbocycles. The Balaban J connectivity index is 1.95. The van der Waals surface area contributed by atoms with Gasteiger partial charge in [0.2, 0.25) is 0 Å². The number of esters is 1. The van der Waals surface area contributed by atoms with Crippen molar-refractivity contribution in [1.29, 1.82) is 0 Å². The van der Waals surface area contributed by atoms with E-state index < -0.39 is 17.9 Å². The van der Waals surface area contributed by atoms with Crippen molar-refractivity contribution >= 4 is 35.8 Å². The molecule has 0 saturated heterocycles. The molecule has 32 heavy (non-hydrogen) atoms. The number of hydrogen-bond donors (Lipinski definition) is 2. The molecule has 2 aromatic carbocycles. The number of ether oxygens (including phenoxy) is 1. The third-order valence-corrected chi connectivity index (χ3v) is 5.13. The van der Waals surface area contributed by atoms with Crippen molar-refractivity contribution in [3.8, 4) is 0 Å². The average Bonchev–Trinajstić information content (AvgIpc) is 2.77. The van der Waals surface area contributed by atoms with E-state index in [1.165, 1.54) is 24.3 Å². The van der Waals surface area contributed by atoms with E-state index in [1.54, 1.807) is 43.3 Å². The van der Waals surface area contributed by atoms with Crippen molar-refractivity contribution in [3.63, 3.8) is 0 Å². The Morgan fingerprint density at radius 1 is 0.844 bits per heavy atom. The first-order valence-corrected chi connectivity index (χ1v) is 10.1. The van der Waals surface area contributed by atoms with Gasteiger partial charge in [-0.1, -0.05) is 24.3 Å². The standard InChI is InChI=1S/C25H22O7/c1-2-32-25(31)21-13-19(11-15-3-7-17(8-4-15)23(27)28)22(26)20(14-21)12-16-5-9-18(10-6-16)24(29)30/h3-12,21H,2,13-14H2,1H3,(H,27,28)(H,29,30). The molecule has 0 bridgehead atoms. The second-order valence-corrected chi connectivity index (χ2v) is 7.38. The molecule has 1 aliphatic carbocycles. The van der Waals surface area contributed by atoms with E-state index in [4.69, 9.17) is 14.9 Å². The zero-order chi connectivity index (χ0) is 23.3. The second-order valence-electron chi connectivity index (χ2n) is 7.38. The zero-order valence-corrected chi connectivity index (χ0v) is 17.4. The van der Waals surface area contributed by atoms with E-state index in [0.29, 0.717) is 22.3 Å². The zero-order valence-electron chi connectivity index (χ0n) is 17.4. The molecule has 1 fully saturated rings. The summed E-state index contributed by atoms with van der Waals surface area (Å²) in [6, 6.07) is 12.2. The van der Waals surface area contributed by atoms with Crippen LogP contribution in [0.1, 0.15) is 51.6 Å². The molecule has 7 nitrogen and oxygen atoms in total. The van der Waals surface area contributed by atoms with Crippen molar-refractivity contribution in [2.24, 2.45) is 5.92 Å². The minimum atomic E-state index is -1.04. The Bertz CT molecular complexity index is 1030. The highest BCUT2D eigenvalue weighted by Gasteiger charge is 2.33. The number of benzene rings is 2. The van der Waals surface area contributed by atoms with Gasteiger partial charge in [0, 0.05) is 11.1 Å². The maximum atomic E-state index is 13.1. The monoisotopic (exact) mass is 434 g/mol. The molecule has 0 aromatic heterocycles. The van der Waals surface area contributed by atoms with Gasteiger partial charge in [-0.3, -0.25) is 9.59 Å². The normalized spacial score (nSPS) is 18.5. The first-order valence-electron chi connectivity index (χ1n) is 10.1. The van der Waals surface area contributed by atoms with E-state index in [1.807, 2.05) is 0 Å². The van der Waals surface area contributed by atoms with Crippen LogP contribution in [-0.2, 0) is 14.3 Å². The predicted octanol–water partition coefficient (Wildman–Crippen LogP) is 4.09. The number of aromatic carboxylic acids is 2. The fraction of sp³-hybridized carbons (Fsp3) is 0.200. The lowest BCUT2D eigenvalue weighted by molar-refractivity contribution is -0.148. The van der Waals surface area contributed by atoms with Gasteiger partial charge in [0.05, 0.1) is 23.7 Å². The maximum Gasteiger partial charge on any atom is 0.335 e. The number of ketones is 1. The molecule has 0 spiro atoms. The highest BCUT2D eigenvalue weighted by atomic mass is 16.5. The van der Waals surface area contributed by atoms with E-state index in [0.717, 1.165) is 0 Å². The number of allylic oxidation sites excluding steroid dienone is 2. The lowest BCUT2D eigenvalue weighted by Gasteiger charge is -2.24. The van der Waals surface area contributed by atoms with Gasteiger partial charge >= 0.3 is 17.9 Å². The third-order valence-electron chi connectivity index (χ3n) is 5.13. The van der Waals surface area contributed by atoms with Gasteiger partial charge in [-0.25, -0.2) is 9.59 Å². The molecule has 7 heteroatoms. The number of carbonyl (C=O) groups excluding carboxylic acids is 2. The summed E-state index contributed by atoms with van der Waals surface area (Å²) in [5, 5.41) is 18.1. The average molecular weight is 434 g/mol. The van der Waals surface area contributed by atoms with Gasteiger partial charge in [-0.15, -0.1) is 0 Å². The van der Waals surface area contributed by atoms with Crippen molar-refractivity contribution in [2.45, 2.75) is 19.8 Å². The molecular formula is C25H22O7. The van der Waals surface area contributed by atoms with E-state index in [2.05, 4.69) is 0 Å². The van der Waals surface area contributed by atoms with Crippen LogP contribution in [0.15, 0.2) is 59.7 Å². The Kier molecular flexibility index (Phi) is 7.00. The number of carbonyl (C=O) groups is 4. The lowest BCUT2D eigenvalue weighted by Crippen LogP contribution is -2.27. The summed E-state index contributed by atoms with van der Waals surface area (Å²) in [7, 11) is 0. The van der Waals surface area contributed by atoms with Crippen LogP contribution in [0, 0.1) is 5.92 Å². The molecule has 0 unspecified atom stereocenters. The van der Waals surface area contributed by atoms with Gasteiger partial charge in [0.1, 0.15) is 0 Å². The van der Waals surface area contributed by atoms with Crippen LogP contribution in [0.3, 0.4) is 0 Å². The van der Waals surface area contributed by atoms with E-state index >= 15 is 0 Å². The molecular weight excluding hydrogens is 412 g/mol. The molecule has 0 atom stereocenters. The van der Waals surface area contributed by atoms with Gasteiger partial charge < -0.3 is 14.9 Å². The fourth-order valence-corrected chi connectivity index (χ4v) is 3.52. The molecule has 164 valence electrons. The van der Waals surface area contributed by atoms with Gasteiger partial charge in [0.15, 0.2) is 5.78 Å². The summed E-state index contributed by atoms with van der Waals surface area (Å²) < 4.78 is 5.16. The van der Waals surface area contributed by atoms with Crippen LogP contribution in [0.5, 0.6) is 0 Å². The summed E-state index contributed by atoms with van der Waals surface area (Å²) in [4.78, 5) is 47.7. The molecule has 0 amide bonds. The van der Waals surface area contributed by atoms with E-state index in [9.17, 15) is 19.2 Å². The largest absolute Gasteiger partial charge is 0.478 e. The van der Waals surface area contributed by atoms with Crippen molar-refractivity contribution < 1.29 is 34.1 Å². The minimum absolute atomic E-state index is 0.136. The Morgan fingerprint density at radius 2 is 1.25 bits per heavy atom. The minimum Gasteiger partial charge on any atom is -0.478 e. The van der Waals surface area contributed by atoms with E-state index in [-0.39, 0.29) is 42.3 Å². The van der Waals surface area contributed by atoms with Gasteiger partial charge in [-0.2, -0.15) is 0 Å². The maximum absolute atomic E-state index is 13.1. The molecule has 2 aromatic rings. The summed E-state index contributed by atoms with van der Waals surface area (Å²) in [5.74, 6) is -3.21. The molecule has 0 heterocycles. The van der Waals surface area contributed by atoms with Crippen LogP contribution in [-0.4, -0.2) is 40.5 Å². The highest BCUT2D eigenvalue weighted by molar-refractivity contribution is 6.15. The molecule has 2 N–H and O–H groups in total. The van der Waals surface area contributed by atoms with Gasteiger partial charge in [0.25, 0.3) is 0 Å². The highest BCUT2D eigenvalue weighted by Crippen LogP contribution is 2.33. The summed E-state index contributed by atoms with van der Waals surface area (Å²) in [6.07, 6.45) is 3.74. The predicted molar refractivity (Wildman–Crippen MR) is 117 cm³/mol. The van der Waals surface area contributed by atoms with Crippen LogP contribution in [0.2, 0.25) is 0 Å². The SMILES string of the molecule is CCOC(=O)C1CC(=Cc2ccc(C(=O)O)cc2)C(=O)C(=Cc2ccc(C(=O)O)cc2)C1. The van der Waals surface area contributed by atoms with Crippen LogP contribution in [0.4, 0.5) is 0 Å². The Labute approximate surface area is 184 Å². The van der Waals surface area contributed by atoms with Crippen LogP contribution < -0.4 is 0 Å². The summed E-state index contributed by atoms with van der Waals surface area (Å²) in [5.41, 5.74) is 2.41. The number of carboxylic acids is 2. The Morgan fingerprint density at radius 3 is 1.59 bits per heavy atom. The van der Waals surface area contributed by atoms with Crippen LogP contribution >= 0.6 is 0 Å². The topological polar surface area (TPSA) is 118 Å². The molecule has 3 rings (SSSR count). The summed E-state index contributed by atoms with van der Waals surface area (Å²) >= 11 is 0.